The van der Waals surface area contributed by atoms with Crippen molar-refractivity contribution in [3.05, 3.63) is 72.2 Å². The van der Waals surface area contributed by atoms with Crippen molar-refractivity contribution < 1.29 is 9.21 Å². The summed E-state index contributed by atoms with van der Waals surface area (Å²) in [6, 6.07) is 8.81. The van der Waals surface area contributed by atoms with Crippen molar-refractivity contribution in [2.24, 2.45) is 0 Å². The van der Waals surface area contributed by atoms with Gasteiger partial charge in [-0.1, -0.05) is 18.2 Å². The lowest BCUT2D eigenvalue weighted by Crippen LogP contribution is -2.41. The number of hydrogen-bond donors (Lipinski definition) is 2. The topological polar surface area (TPSA) is 142 Å². The zero-order valence-corrected chi connectivity index (χ0v) is 16.1. The van der Waals surface area contributed by atoms with E-state index in [2.05, 4.69) is 35.3 Å². The normalized spacial score (nSPS) is 15.9. The first-order valence-electron chi connectivity index (χ1n) is 9.66. The molecule has 0 aliphatic carbocycles. The second kappa shape index (κ2) is 6.83. The fourth-order valence-corrected chi connectivity index (χ4v) is 3.79. The Labute approximate surface area is 174 Å². The molecule has 5 heterocycles. The minimum absolute atomic E-state index is 0.122. The summed E-state index contributed by atoms with van der Waals surface area (Å²) >= 11 is 0. The lowest BCUT2D eigenvalue weighted by Gasteiger charge is -2.32. The van der Waals surface area contributed by atoms with Gasteiger partial charge in [0.2, 0.25) is 0 Å². The van der Waals surface area contributed by atoms with Crippen LogP contribution in [0.1, 0.15) is 33.9 Å². The summed E-state index contributed by atoms with van der Waals surface area (Å²) < 4.78 is 5.60. The van der Waals surface area contributed by atoms with E-state index in [1.807, 2.05) is 24.3 Å². The number of benzene rings is 1. The van der Waals surface area contributed by atoms with Crippen LogP contribution in [0, 0.1) is 0 Å². The second-order valence-electron chi connectivity index (χ2n) is 7.08. The van der Waals surface area contributed by atoms with Crippen LogP contribution in [-0.4, -0.2) is 57.7 Å². The van der Waals surface area contributed by atoms with Crippen LogP contribution in [0.5, 0.6) is 0 Å². The van der Waals surface area contributed by atoms with Crippen molar-refractivity contribution in [2.75, 3.05) is 6.54 Å². The molecule has 1 atom stereocenters. The average Bonchev–Trinajstić information content (AvgIpc) is 3.58. The van der Waals surface area contributed by atoms with Crippen LogP contribution in [-0.2, 0) is 6.42 Å². The molecule has 31 heavy (non-hydrogen) atoms. The summed E-state index contributed by atoms with van der Waals surface area (Å²) in [5, 5.41) is 15.5. The Balaban J connectivity index is 1.42. The molecular weight excluding hydrogens is 398 g/mol. The van der Waals surface area contributed by atoms with E-state index < -0.39 is 11.9 Å². The number of hydrogen-bond acceptors (Lipinski definition) is 8. The summed E-state index contributed by atoms with van der Waals surface area (Å²) in [6.45, 7) is 0.426. The fourth-order valence-electron chi connectivity index (χ4n) is 3.79. The van der Waals surface area contributed by atoms with Crippen molar-refractivity contribution in [3.8, 4) is 11.6 Å². The van der Waals surface area contributed by atoms with Crippen LogP contribution in [0.15, 0.2) is 53.5 Å². The zero-order valence-electron chi connectivity index (χ0n) is 16.1. The number of carbonyl (C=O) groups excluding carboxylic acids is 1. The number of para-hydroxylation sites is 1. The third-order valence-corrected chi connectivity index (χ3v) is 5.27. The first-order chi connectivity index (χ1) is 15.3. The molecule has 4 aromatic heterocycles. The largest absolute Gasteiger partial charge is 0.411 e. The zero-order chi connectivity index (χ0) is 20.8. The monoisotopic (exact) mass is 413 g/mol. The summed E-state index contributed by atoms with van der Waals surface area (Å²) in [5.74, 6) is 0.111. The quantitative estimate of drug-likeness (QED) is 0.457. The van der Waals surface area contributed by atoms with Gasteiger partial charge in [0, 0.05) is 36.4 Å². The van der Waals surface area contributed by atoms with Gasteiger partial charge < -0.3 is 14.3 Å². The van der Waals surface area contributed by atoms with Gasteiger partial charge in [-0.05, 0) is 12.1 Å². The molecular formula is C20H15N9O2. The van der Waals surface area contributed by atoms with E-state index in [1.165, 1.54) is 0 Å². The molecule has 11 heteroatoms. The van der Waals surface area contributed by atoms with E-state index in [0.717, 1.165) is 16.6 Å². The Morgan fingerprint density at radius 3 is 3.00 bits per heavy atom. The van der Waals surface area contributed by atoms with Crippen LogP contribution in [0.3, 0.4) is 0 Å². The summed E-state index contributed by atoms with van der Waals surface area (Å²) in [5.41, 5.74) is 2.92. The van der Waals surface area contributed by atoms with Gasteiger partial charge in [-0.2, -0.15) is 5.10 Å². The third-order valence-electron chi connectivity index (χ3n) is 5.27. The van der Waals surface area contributed by atoms with E-state index in [9.17, 15) is 4.79 Å². The Bertz CT molecular complexity index is 1390. The predicted molar refractivity (Wildman–Crippen MR) is 107 cm³/mol. The Morgan fingerprint density at radius 1 is 1.16 bits per heavy atom. The van der Waals surface area contributed by atoms with E-state index in [4.69, 9.17) is 9.40 Å². The molecule has 0 spiro atoms. The van der Waals surface area contributed by atoms with Gasteiger partial charge in [-0.15, -0.1) is 10.2 Å². The molecule has 152 valence electrons. The molecule has 0 bridgehead atoms. The van der Waals surface area contributed by atoms with Crippen molar-refractivity contribution in [1.29, 1.82) is 0 Å². The Kier molecular flexibility index (Phi) is 3.85. The van der Waals surface area contributed by atoms with Gasteiger partial charge >= 0.3 is 11.8 Å². The number of aromatic nitrogens is 8. The number of aromatic amines is 2. The van der Waals surface area contributed by atoms with Gasteiger partial charge in [0.15, 0.2) is 5.82 Å². The minimum Gasteiger partial charge on any atom is -0.411 e. The first-order valence-corrected chi connectivity index (χ1v) is 9.66. The maximum absolute atomic E-state index is 13.4. The first kappa shape index (κ1) is 17.4. The molecule has 1 aromatic carbocycles. The Hall–Kier alpha value is -4.41. The number of nitrogens with zero attached hydrogens (tertiary/aromatic N) is 7. The summed E-state index contributed by atoms with van der Waals surface area (Å²) in [7, 11) is 0. The molecule has 0 radical (unpaired) electrons. The van der Waals surface area contributed by atoms with Crippen LogP contribution < -0.4 is 0 Å². The molecule has 0 saturated heterocycles. The van der Waals surface area contributed by atoms with Gasteiger partial charge in [0.1, 0.15) is 11.7 Å². The highest BCUT2D eigenvalue weighted by Gasteiger charge is 2.38. The van der Waals surface area contributed by atoms with E-state index >= 15 is 0 Å². The van der Waals surface area contributed by atoms with Crippen molar-refractivity contribution in [3.63, 3.8) is 0 Å². The van der Waals surface area contributed by atoms with Gasteiger partial charge in [0.05, 0.1) is 17.5 Å². The van der Waals surface area contributed by atoms with Gasteiger partial charge in [0.25, 0.3) is 5.89 Å². The number of fused-ring (bicyclic) bond motifs is 2. The molecule has 2 N–H and O–H groups in total. The van der Waals surface area contributed by atoms with Crippen LogP contribution in [0.25, 0.3) is 22.5 Å². The lowest BCUT2D eigenvalue weighted by molar-refractivity contribution is 0.0643. The number of imidazole rings is 1. The van der Waals surface area contributed by atoms with E-state index in [-0.39, 0.29) is 11.8 Å². The maximum atomic E-state index is 13.4. The number of nitrogens with one attached hydrogen (secondary N) is 2. The van der Waals surface area contributed by atoms with E-state index in [1.54, 1.807) is 29.7 Å². The highest BCUT2D eigenvalue weighted by molar-refractivity contribution is 5.90. The standard InChI is InChI=1S/C20H15N9O2/c30-20(19-28-27-18(31-19)14-5-7-24-26-14)29-8-6-13-15(23-10-22-13)16(29)17-21-9-11-3-1-2-4-12(11)25-17/h1-5,7,9-10,16H,6,8H2,(H,22,23)(H,24,26)/t16-/m0/s1. The molecule has 0 fully saturated rings. The molecule has 1 aliphatic rings. The van der Waals surface area contributed by atoms with Crippen LogP contribution in [0.4, 0.5) is 0 Å². The lowest BCUT2D eigenvalue weighted by atomic mass is 10.0. The Morgan fingerprint density at radius 2 is 2.10 bits per heavy atom. The smallest absolute Gasteiger partial charge is 0.312 e. The fraction of sp³-hybridized carbons (Fsp3) is 0.150. The minimum atomic E-state index is -0.576. The molecule has 6 rings (SSSR count). The molecule has 0 saturated carbocycles. The van der Waals surface area contributed by atoms with E-state index in [0.29, 0.717) is 30.2 Å². The molecule has 5 aromatic rings. The van der Waals surface area contributed by atoms with Gasteiger partial charge in [-0.25, -0.2) is 15.0 Å². The van der Waals surface area contributed by atoms with Crippen LogP contribution in [0.2, 0.25) is 0 Å². The molecule has 0 unspecified atom stereocenters. The number of amides is 1. The maximum Gasteiger partial charge on any atom is 0.312 e. The SMILES string of the molecule is O=C(c1nnc(-c2cc[nH]n2)o1)N1CCc2[nH]cnc2[C@H]1c1ncc2ccccc2n1. The van der Waals surface area contributed by atoms with Gasteiger partial charge in [-0.3, -0.25) is 9.89 Å². The van der Waals surface area contributed by atoms with Crippen molar-refractivity contribution >= 4 is 16.8 Å². The highest BCUT2D eigenvalue weighted by Crippen LogP contribution is 2.33. The average molecular weight is 413 g/mol. The van der Waals surface area contributed by atoms with Crippen molar-refractivity contribution in [2.45, 2.75) is 12.5 Å². The predicted octanol–water partition coefficient (Wildman–Crippen LogP) is 1.91. The van der Waals surface area contributed by atoms with Crippen LogP contribution >= 0.6 is 0 Å². The second-order valence-corrected chi connectivity index (χ2v) is 7.08. The molecule has 1 aliphatic heterocycles. The number of H-pyrrole nitrogens is 2. The number of rotatable bonds is 3. The number of carbonyl (C=O) groups is 1. The highest BCUT2D eigenvalue weighted by atomic mass is 16.4. The summed E-state index contributed by atoms with van der Waals surface area (Å²) in [4.78, 5) is 31.8. The molecule has 1 amide bonds. The summed E-state index contributed by atoms with van der Waals surface area (Å²) in [6.07, 6.45) is 5.63. The third kappa shape index (κ3) is 2.86. The molecule has 11 nitrogen and oxygen atoms in total. The van der Waals surface area contributed by atoms with Crippen molar-refractivity contribution in [1.82, 2.24) is 45.2 Å².